The van der Waals surface area contributed by atoms with Crippen LogP contribution >= 0.6 is 0 Å². The summed E-state index contributed by atoms with van der Waals surface area (Å²) in [5.41, 5.74) is 13.8. The molecule has 1 fully saturated rings. The third-order valence-corrected chi connectivity index (χ3v) is 4.69. The van der Waals surface area contributed by atoms with Crippen molar-refractivity contribution in [2.75, 3.05) is 37.6 Å². The molecule has 5 N–H and O–H groups in total. The fourth-order valence-electron chi connectivity index (χ4n) is 3.29. The van der Waals surface area contributed by atoms with Crippen LogP contribution < -0.4 is 16.8 Å². The molecule has 9 heteroatoms. The van der Waals surface area contributed by atoms with E-state index in [-0.39, 0.29) is 17.4 Å². The van der Waals surface area contributed by atoms with Gasteiger partial charge in [0.2, 0.25) is 0 Å². The predicted molar refractivity (Wildman–Crippen MR) is 103 cm³/mol. The Hall–Kier alpha value is -3.20. The molecule has 0 atom stereocenters. The molecule has 1 amide bonds. The van der Waals surface area contributed by atoms with Gasteiger partial charge in [-0.1, -0.05) is 0 Å². The minimum atomic E-state index is -0.311. The van der Waals surface area contributed by atoms with Crippen molar-refractivity contribution in [2.45, 2.75) is 12.8 Å². The summed E-state index contributed by atoms with van der Waals surface area (Å²) in [7, 11) is 0. The van der Waals surface area contributed by atoms with Gasteiger partial charge in [0.15, 0.2) is 11.5 Å². The number of nitrogen functional groups attached to an aromatic ring is 2. The average molecular weight is 366 g/mol. The molecule has 140 valence electrons. The Bertz CT molecular complexity index is 977. The van der Waals surface area contributed by atoms with Crippen LogP contribution in [0.1, 0.15) is 23.3 Å². The van der Waals surface area contributed by atoms with Crippen LogP contribution in [0.25, 0.3) is 16.9 Å². The summed E-state index contributed by atoms with van der Waals surface area (Å²) in [5, 5.41) is 2.88. The second-order valence-electron chi connectivity index (χ2n) is 6.64. The molecule has 0 saturated carbocycles. The van der Waals surface area contributed by atoms with Crippen LogP contribution in [-0.4, -0.2) is 56.3 Å². The number of hydrogen-bond donors (Lipinski definition) is 3. The number of imidazole rings is 1. The van der Waals surface area contributed by atoms with Crippen LogP contribution in [0.3, 0.4) is 0 Å². The molecule has 0 unspecified atom stereocenters. The van der Waals surface area contributed by atoms with Gasteiger partial charge in [0.25, 0.3) is 5.91 Å². The van der Waals surface area contributed by atoms with Crippen LogP contribution in [0.4, 0.5) is 11.6 Å². The first-order chi connectivity index (χ1) is 13.1. The van der Waals surface area contributed by atoms with Gasteiger partial charge in [0.1, 0.15) is 11.5 Å². The number of likely N-dealkylation sites (tertiary alicyclic amines) is 1. The van der Waals surface area contributed by atoms with Crippen molar-refractivity contribution in [2.24, 2.45) is 0 Å². The fraction of sp³-hybridized carbons (Fsp3) is 0.333. The molecule has 1 aliphatic heterocycles. The number of nitrogens with one attached hydrogen (secondary N) is 1. The third-order valence-electron chi connectivity index (χ3n) is 4.69. The van der Waals surface area contributed by atoms with Gasteiger partial charge in [-0.15, -0.1) is 0 Å². The van der Waals surface area contributed by atoms with E-state index in [2.05, 4.69) is 25.2 Å². The van der Waals surface area contributed by atoms with Crippen molar-refractivity contribution in [3.05, 3.63) is 36.4 Å². The quantitative estimate of drug-likeness (QED) is 0.609. The van der Waals surface area contributed by atoms with Gasteiger partial charge in [-0.3, -0.25) is 4.79 Å². The van der Waals surface area contributed by atoms with Crippen molar-refractivity contribution < 1.29 is 4.79 Å². The summed E-state index contributed by atoms with van der Waals surface area (Å²) < 4.78 is 1.80. The first-order valence-corrected chi connectivity index (χ1v) is 8.98. The van der Waals surface area contributed by atoms with Crippen molar-refractivity contribution in [1.82, 2.24) is 29.6 Å². The second-order valence-corrected chi connectivity index (χ2v) is 6.64. The summed E-state index contributed by atoms with van der Waals surface area (Å²) in [6, 6.07) is 3.69. The number of anilines is 2. The lowest BCUT2D eigenvalue weighted by molar-refractivity contribution is 0.0945. The highest BCUT2D eigenvalue weighted by molar-refractivity contribution is 5.96. The smallest absolute Gasteiger partial charge is 0.273 e. The fourth-order valence-corrected chi connectivity index (χ4v) is 3.29. The van der Waals surface area contributed by atoms with Crippen LogP contribution in [0.5, 0.6) is 0 Å². The molecule has 0 spiro atoms. The normalized spacial score (nSPS) is 14.7. The van der Waals surface area contributed by atoms with Gasteiger partial charge in [0, 0.05) is 24.8 Å². The Morgan fingerprint density at radius 1 is 1.15 bits per heavy atom. The molecule has 1 saturated heterocycles. The lowest BCUT2D eigenvalue weighted by Crippen LogP contribution is -2.34. The Labute approximate surface area is 156 Å². The molecule has 3 aromatic heterocycles. The lowest BCUT2D eigenvalue weighted by atomic mass is 10.2. The van der Waals surface area contributed by atoms with E-state index in [4.69, 9.17) is 11.5 Å². The molecule has 0 bridgehead atoms. The average Bonchev–Trinajstić information content (AvgIpc) is 3.29. The van der Waals surface area contributed by atoms with E-state index in [1.54, 1.807) is 16.8 Å². The Kier molecular flexibility index (Phi) is 4.59. The summed E-state index contributed by atoms with van der Waals surface area (Å²) >= 11 is 0. The maximum Gasteiger partial charge on any atom is 0.273 e. The summed E-state index contributed by atoms with van der Waals surface area (Å²) in [4.78, 5) is 27.6. The number of nitrogens with two attached hydrogens (primary N) is 2. The maximum atomic E-state index is 12.5. The highest BCUT2D eigenvalue weighted by Gasteiger charge is 2.16. The number of hydrogen-bond acceptors (Lipinski definition) is 7. The van der Waals surface area contributed by atoms with Gasteiger partial charge >= 0.3 is 0 Å². The molecule has 3 aromatic rings. The molecule has 0 radical (unpaired) electrons. The standard InChI is InChI=1S/C18H22N8O/c19-14-11-26-10-12(3-4-15(26)24-14)13-9-22-17(20)16(23-13)18(27)21-5-8-25-6-1-2-7-25/h3-4,9-11H,1-2,5-8,19H2,(H2,20,22)(H,21,27). The number of rotatable bonds is 5. The number of amides is 1. The van der Waals surface area contributed by atoms with E-state index in [1.807, 2.05) is 18.3 Å². The van der Waals surface area contributed by atoms with Crippen LogP contribution in [0.15, 0.2) is 30.7 Å². The first-order valence-electron chi connectivity index (χ1n) is 8.98. The monoisotopic (exact) mass is 366 g/mol. The largest absolute Gasteiger partial charge is 0.382 e. The molecular formula is C18H22N8O. The van der Waals surface area contributed by atoms with E-state index in [9.17, 15) is 4.79 Å². The Morgan fingerprint density at radius 3 is 2.78 bits per heavy atom. The molecule has 27 heavy (non-hydrogen) atoms. The van der Waals surface area contributed by atoms with Crippen LogP contribution in [0.2, 0.25) is 0 Å². The maximum absolute atomic E-state index is 12.5. The van der Waals surface area contributed by atoms with Crippen LogP contribution in [0, 0.1) is 0 Å². The van der Waals surface area contributed by atoms with Gasteiger partial charge in [0.05, 0.1) is 18.1 Å². The predicted octanol–water partition coefficient (Wildman–Crippen LogP) is 0.781. The van der Waals surface area contributed by atoms with Gasteiger partial charge < -0.3 is 26.1 Å². The van der Waals surface area contributed by atoms with Crippen molar-refractivity contribution in [3.8, 4) is 11.3 Å². The molecule has 4 heterocycles. The summed E-state index contributed by atoms with van der Waals surface area (Å²) in [5.74, 6) is 0.244. The molecule has 1 aliphatic rings. The van der Waals surface area contributed by atoms with E-state index in [0.717, 1.165) is 30.8 Å². The zero-order valence-corrected chi connectivity index (χ0v) is 14.9. The van der Waals surface area contributed by atoms with Crippen molar-refractivity contribution >= 4 is 23.2 Å². The molecule has 9 nitrogen and oxygen atoms in total. The van der Waals surface area contributed by atoms with Crippen LogP contribution in [-0.2, 0) is 0 Å². The van der Waals surface area contributed by atoms with E-state index >= 15 is 0 Å². The van der Waals surface area contributed by atoms with E-state index in [1.165, 1.54) is 12.8 Å². The molecule has 4 rings (SSSR count). The number of nitrogens with zero attached hydrogens (tertiary/aromatic N) is 5. The third kappa shape index (κ3) is 3.68. The Balaban J connectivity index is 1.51. The number of carbonyl (C=O) groups is 1. The Morgan fingerprint density at radius 2 is 1.96 bits per heavy atom. The van der Waals surface area contributed by atoms with Gasteiger partial charge in [-0.05, 0) is 38.1 Å². The van der Waals surface area contributed by atoms with Crippen molar-refractivity contribution in [3.63, 3.8) is 0 Å². The second kappa shape index (κ2) is 7.20. The summed E-state index contributed by atoms with van der Waals surface area (Å²) in [6.07, 6.45) is 7.56. The summed E-state index contributed by atoms with van der Waals surface area (Å²) in [6.45, 7) is 3.57. The lowest BCUT2D eigenvalue weighted by Gasteiger charge is -2.15. The number of pyridine rings is 1. The minimum absolute atomic E-state index is 0.116. The SMILES string of the molecule is Nc1cn2cc(-c3cnc(N)c(C(=O)NCCN4CCCC4)n3)ccc2n1. The van der Waals surface area contributed by atoms with Gasteiger partial charge in [-0.25, -0.2) is 15.0 Å². The molecule has 0 aliphatic carbocycles. The van der Waals surface area contributed by atoms with Crippen molar-refractivity contribution in [1.29, 1.82) is 0 Å². The zero-order chi connectivity index (χ0) is 18.8. The minimum Gasteiger partial charge on any atom is -0.382 e. The van der Waals surface area contributed by atoms with E-state index in [0.29, 0.717) is 18.1 Å². The van der Waals surface area contributed by atoms with Gasteiger partial charge in [-0.2, -0.15) is 0 Å². The number of fused-ring (bicyclic) bond motifs is 1. The molecule has 0 aromatic carbocycles. The van der Waals surface area contributed by atoms with E-state index < -0.39 is 0 Å². The highest BCUT2D eigenvalue weighted by atomic mass is 16.1. The number of aromatic nitrogens is 4. The first kappa shape index (κ1) is 17.2. The zero-order valence-electron chi connectivity index (χ0n) is 14.9. The number of carbonyl (C=O) groups excluding carboxylic acids is 1. The topological polar surface area (TPSA) is 127 Å². The molecular weight excluding hydrogens is 344 g/mol. The highest BCUT2D eigenvalue weighted by Crippen LogP contribution is 2.20.